The van der Waals surface area contributed by atoms with Gasteiger partial charge in [0.05, 0.1) is 5.56 Å². The Hall–Kier alpha value is -3.38. The molecule has 202 valence electrons. The van der Waals surface area contributed by atoms with Crippen molar-refractivity contribution < 1.29 is 4.79 Å². The summed E-state index contributed by atoms with van der Waals surface area (Å²) in [6.45, 7) is 0.613. The molecular formula is C33H29Cl2N3OS. The zero-order valence-corrected chi connectivity index (χ0v) is 24.3. The third kappa shape index (κ3) is 5.73. The number of carbonyl (C=O) groups is 1. The Kier molecular flexibility index (Phi) is 8.05. The molecule has 2 heterocycles. The van der Waals surface area contributed by atoms with E-state index in [-0.39, 0.29) is 5.91 Å². The van der Waals surface area contributed by atoms with Gasteiger partial charge in [-0.1, -0.05) is 78.5 Å². The lowest BCUT2D eigenvalue weighted by Crippen LogP contribution is -2.14. The van der Waals surface area contributed by atoms with Crippen molar-refractivity contribution in [1.82, 2.24) is 4.57 Å². The fourth-order valence-corrected chi connectivity index (χ4v) is 7.11. The number of aryl methyl sites for hydroxylation is 1. The van der Waals surface area contributed by atoms with Crippen LogP contribution < -0.4 is 5.32 Å². The van der Waals surface area contributed by atoms with Crippen molar-refractivity contribution >= 4 is 68.3 Å². The highest BCUT2D eigenvalue weighted by molar-refractivity contribution is 7.16. The molecule has 1 aliphatic carbocycles. The van der Waals surface area contributed by atoms with Gasteiger partial charge in [-0.2, -0.15) is 0 Å². The molecular weight excluding hydrogens is 557 g/mol. The minimum atomic E-state index is -0.0868. The van der Waals surface area contributed by atoms with Crippen LogP contribution >= 0.6 is 34.5 Å². The molecule has 0 fully saturated rings. The summed E-state index contributed by atoms with van der Waals surface area (Å²) in [6, 6.07) is 23.5. The third-order valence-corrected chi connectivity index (χ3v) is 9.19. The molecule has 0 aliphatic heterocycles. The van der Waals surface area contributed by atoms with Gasteiger partial charge in [-0.15, -0.1) is 11.3 Å². The number of nitrogens with zero attached hydrogens (tertiary/aromatic N) is 2. The van der Waals surface area contributed by atoms with Gasteiger partial charge in [0.2, 0.25) is 0 Å². The molecule has 0 radical (unpaired) electrons. The number of para-hydroxylation sites is 2. The normalized spacial score (nSPS) is 13.8. The fourth-order valence-electron chi connectivity index (χ4n) is 5.42. The smallest absolute Gasteiger partial charge is 0.259 e. The fraction of sp³-hybridized carbons (Fsp3) is 0.212. The number of thiophene rings is 1. The van der Waals surface area contributed by atoms with Gasteiger partial charge in [-0.3, -0.25) is 4.79 Å². The second-order valence-corrected chi connectivity index (χ2v) is 12.1. The Balaban J connectivity index is 1.38. The van der Waals surface area contributed by atoms with Gasteiger partial charge in [0, 0.05) is 56.0 Å². The van der Waals surface area contributed by atoms with E-state index >= 15 is 0 Å². The number of hydrogen-bond donors (Lipinski definition) is 1. The van der Waals surface area contributed by atoms with Crippen LogP contribution in [0.5, 0.6) is 0 Å². The standard InChI is InChI=1S/C33H29Cl2N3OS/c34-24-17-16-22(28(35)18-24)20-38-21-23(26-12-8-9-14-29(26)38)19-36-33-31(32(39)37-25-10-4-3-5-11-25)27-13-6-1-2-7-15-30(27)40-33/h3-5,8-12,14,16-19,21H,1-2,6-7,13,15,20H2,(H,37,39). The summed E-state index contributed by atoms with van der Waals surface area (Å²) in [5.41, 5.74) is 5.76. The zero-order chi connectivity index (χ0) is 27.5. The average Bonchev–Trinajstić information content (AvgIpc) is 3.46. The van der Waals surface area contributed by atoms with E-state index in [1.165, 1.54) is 23.3 Å². The molecule has 0 atom stereocenters. The van der Waals surface area contributed by atoms with Crippen molar-refractivity contribution in [3.63, 3.8) is 0 Å². The van der Waals surface area contributed by atoms with Crippen molar-refractivity contribution in [3.05, 3.63) is 116 Å². The highest BCUT2D eigenvalue weighted by Gasteiger charge is 2.24. The second-order valence-electron chi connectivity index (χ2n) is 10.1. The lowest BCUT2D eigenvalue weighted by atomic mass is 9.96. The number of benzene rings is 3. The monoisotopic (exact) mass is 585 g/mol. The number of nitrogens with one attached hydrogen (secondary N) is 1. The number of hydrogen-bond acceptors (Lipinski definition) is 3. The molecule has 0 saturated carbocycles. The molecule has 40 heavy (non-hydrogen) atoms. The Morgan fingerprint density at radius 1 is 0.950 bits per heavy atom. The molecule has 4 nitrogen and oxygen atoms in total. The lowest BCUT2D eigenvalue weighted by Gasteiger charge is -2.12. The van der Waals surface area contributed by atoms with Crippen LogP contribution in [0.3, 0.4) is 0 Å². The number of rotatable bonds is 6. The first-order chi connectivity index (χ1) is 19.6. The summed E-state index contributed by atoms with van der Waals surface area (Å²) in [4.78, 5) is 19.9. The topological polar surface area (TPSA) is 46.4 Å². The summed E-state index contributed by atoms with van der Waals surface area (Å²) in [5.74, 6) is -0.0868. The maximum atomic E-state index is 13.6. The number of aromatic nitrogens is 1. The highest BCUT2D eigenvalue weighted by Crippen LogP contribution is 2.39. The van der Waals surface area contributed by atoms with Crippen LogP contribution in [0.15, 0.2) is 84.0 Å². The van der Waals surface area contributed by atoms with Crippen LogP contribution in [0.25, 0.3) is 10.9 Å². The maximum Gasteiger partial charge on any atom is 0.259 e. The Labute approximate surface area is 248 Å². The zero-order valence-electron chi connectivity index (χ0n) is 22.0. The van der Waals surface area contributed by atoms with Gasteiger partial charge in [0.15, 0.2) is 0 Å². The first kappa shape index (κ1) is 26.8. The van der Waals surface area contributed by atoms with E-state index in [0.717, 1.165) is 64.0 Å². The molecule has 0 spiro atoms. The van der Waals surface area contributed by atoms with E-state index in [4.69, 9.17) is 28.2 Å². The molecule has 1 N–H and O–H groups in total. The van der Waals surface area contributed by atoms with Crippen molar-refractivity contribution in [1.29, 1.82) is 0 Å². The number of aliphatic imine (C=N–C) groups is 1. The highest BCUT2D eigenvalue weighted by atomic mass is 35.5. The van der Waals surface area contributed by atoms with Gasteiger partial charge in [-0.05, 0) is 67.1 Å². The molecule has 0 saturated heterocycles. The number of carbonyl (C=O) groups excluding carboxylic acids is 1. The van der Waals surface area contributed by atoms with Crippen LogP contribution in [-0.2, 0) is 19.4 Å². The van der Waals surface area contributed by atoms with Gasteiger partial charge in [0.25, 0.3) is 5.91 Å². The Bertz CT molecular complexity index is 1700. The van der Waals surface area contributed by atoms with Crippen LogP contribution in [-0.4, -0.2) is 16.7 Å². The SMILES string of the molecule is O=C(Nc1ccccc1)c1c(N=Cc2cn(Cc3ccc(Cl)cc3Cl)c3ccccc23)sc2c1CCCCCC2. The van der Waals surface area contributed by atoms with E-state index in [0.29, 0.717) is 16.6 Å². The van der Waals surface area contributed by atoms with Gasteiger partial charge < -0.3 is 9.88 Å². The molecule has 7 heteroatoms. The minimum absolute atomic E-state index is 0.0868. The maximum absolute atomic E-state index is 13.6. The van der Waals surface area contributed by atoms with Crippen LogP contribution in [0.1, 0.15) is 57.6 Å². The predicted octanol–water partition coefficient (Wildman–Crippen LogP) is 9.72. The van der Waals surface area contributed by atoms with E-state index in [1.807, 2.05) is 60.8 Å². The van der Waals surface area contributed by atoms with Crippen LogP contribution in [0.2, 0.25) is 10.0 Å². The molecule has 5 aromatic rings. The largest absolute Gasteiger partial charge is 0.342 e. The quantitative estimate of drug-likeness (QED) is 0.198. The molecule has 6 rings (SSSR count). The van der Waals surface area contributed by atoms with Crippen molar-refractivity contribution in [2.24, 2.45) is 4.99 Å². The summed E-state index contributed by atoms with van der Waals surface area (Å²) >= 11 is 14.3. The second kappa shape index (κ2) is 12.0. The first-order valence-corrected chi connectivity index (χ1v) is 15.2. The molecule has 0 unspecified atom stereocenters. The molecule has 2 aromatic heterocycles. The Morgan fingerprint density at radius 3 is 2.55 bits per heavy atom. The summed E-state index contributed by atoms with van der Waals surface area (Å²) in [7, 11) is 0. The molecule has 3 aromatic carbocycles. The first-order valence-electron chi connectivity index (χ1n) is 13.6. The van der Waals surface area contributed by atoms with Gasteiger partial charge in [-0.25, -0.2) is 4.99 Å². The molecule has 1 amide bonds. The molecule has 0 bridgehead atoms. The van der Waals surface area contributed by atoms with Crippen LogP contribution in [0.4, 0.5) is 10.7 Å². The van der Waals surface area contributed by atoms with E-state index < -0.39 is 0 Å². The van der Waals surface area contributed by atoms with Crippen molar-refractivity contribution in [3.8, 4) is 0 Å². The minimum Gasteiger partial charge on any atom is -0.342 e. The van der Waals surface area contributed by atoms with E-state index in [2.05, 4.69) is 28.2 Å². The Morgan fingerprint density at radius 2 is 1.73 bits per heavy atom. The summed E-state index contributed by atoms with van der Waals surface area (Å²) in [6.07, 6.45) is 10.6. The number of anilines is 1. The molecule has 1 aliphatic rings. The van der Waals surface area contributed by atoms with Gasteiger partial charge in [0.1, 0.15) is 5.00 Å². The van der Waals surface area contributed by atoms with Crippen molar-refractivity contribution in [2.75, 3.05) is 5.32 Å². The van der Waals surface area contributed by atoms with Crippen molar-refractivity contribution in [2.45, 2.75) is 45.1 Å². The van der Waals surface area contributed by atoms with Gasteiger partial charge >= 0.3 is 0 Å². The number of fused-ring (bicyclic) bond motifs is 2. The van der Waals surface area contributed by atoms with E-state index in [1.54, 1.807) is 17.4 Å². The number of halogens is 2. The lowest BCUT2D eigenvalue weighted by molar-refractivity contribution is 0.102. The predicted molar refractivity (Wildman–Crippen MR) is 169 cm³/mol. The van der Waals surface area contributed by atoms with Crippen LogP contribution in [0, 0.1) is 0 Å². The third-order valence-electron chi connectivity index (χ3n) is 7.41. The average molecular weight is 587 g/mol. The summed E-state index contributed by atoms with van der Waals surface area (Å²) in [5, 5.41) is 6.25. The summed E-state index contributed by atoms with van der Waals surface area (Å²) < 4.78 is 2.18. The van der Waals surface area contributed by atoms with E-state index in [9.17, 15) is 4.79 Å². The number of amides is 1.